The van der Waals surface area contributed by atoms with Crippen molar-refractivity contribution in [1.82, 2.24) is 25.0 Å². The van der Waals surface area contributed by atoms with E-state index in [1.165, 1.54) is 0 Å². The maximum atomic E-state index is 12.8. The molecule has 1 aliphatic heterocycles. The van der Waals surface area contributed by atoms with Crippen molar-refractivity contribution in [2.45, 2.75) is 32.7 Å². The standard InChI is InChI=1S/C19H27N5O2/c1-14(2)18-16(13-22-24(18)17-6-4-5-7-20-17)19(25)21-12-15(3)23-8-10-26-11-9-23/h4-7,13-15H,8-12H2,1-3H3,(H,21,25). The number of amides is 1. The fraction of sp³-hybridized carbons (Fsp3) is 0.526. The first-order chi connectivity index (χ1) is 12.6. The Morgan fingerprint density at radius 1 is 1.27 bits per heavy atom. The van der Waals surface area contributed by atoms with Crippen LogP contribution in [0.4, 0.5) is 0 Å². The van der Waals surface area contributed by atoms with Gasteiger partial charge in [-0.3, -0.25) is 9.69 Å². The molecule has 0 aliphatic carbocycles. The summed E-state index contributed by atoms with van der Waals surface area (Å²) in [6, 6.07) is 5.94. The zero-order valence-electron chi connectivity index (χ0n) is 15.7. The lowest BCUT2D eigenvalue weighted by Gasteiger charge is -2.32. The molecule has 26 heavy (non-hydrogen) atoms. The number of pyridine rings is 1. The fourth-order valence-corrected chi connectivity index (χ4v) is 3.23. The fourth-order valence-electron chi connectivity index (χ4n) is 3.23. The Labute approximate surface area is 154 Å². The molecular formula is C19H27N5O2. The highest BCUT2D eigenvalue weighted by Crippen LogP contribution is 2.22. The number of nitrogens with one attached hydrogen (secondary N) is 1. The molecule has 2 aromatic heterocycles. The lowest BCUT2D eigenvalue weighted by atomic mass is 10.1. The molecule has 3 rings (SSSR count). The number of rotatable bonds is 6. The van der Waals surface area contributed by atoms with E-state index >= 15 is 0 Å². The van der Waals surface area contributed by atoms with Gasteiger partial charge >= 0.3 is 0 Å². The SMILES string of the molecule is CC(C)c1c(C(=O)NCC(C)N2CCOCC2)cnn1-c1ccccn1. The minimum atomic E-state index is -0.0870. The molecule has 0 aromatic carbocycles. The van der Waals surface area contributed by atoms with E-state index in [2.05, 4.69) is 41.1 Å². The zero-order valence-corrected chi connectivity index (χ0v) is 15.7. The molecule has 1 saturated heterocycles. The minimum Gasteiger partial charge on any atom is -0.379 e. The van der Waals surface area contributed by atoms with Crippen molar-refractivity contribution in [2.24, 2.45) is 0 Å². The molecule has 1 unspecified atom stereocenters. The average molecular weight is 357 g/mol. The van der Waals surface area contributed by atoms with Crippen LogP contribution in [0.1, 0.15) is 42.7 Å². The van der Waals surface area contributed by atoms with Gasteiger partial charge in [-0.2, -0.15) is 5.10 Å². The van der Waals surface area contributed by atoms with E-state index < -0.39 is 0 Å². The second kappa shape index (κ2) is 8.42. The molecule has 2 aromatic rings. The van der Waals surface area contributed by atoms with Crippen molar-refractivity contribution < 1.29 is 9.53 Å². The van der Waals surface area contributed by atoms with E-state index in [-0.39, 0.29) is 17.9 Å². The zero-order chi connectivity index (χ0) is 18.5. The van der Waals surface area contributed by atoms with E-state index in [0.717, 1.165) is 37.8 Å². The average Bonchev–Trinajstić information content (AvgIpc) is 3.13. The minimum absolute atomic E-state index is 0.0870. The van der Waals surface area contributed by atoms with Gasteiger partial charge in [0.1, 0.15) is 0 Å². The van der Waals surface area contributed by atoms with Gasteiger partial charge in [-0.25, -0.2) is 9.67 Å². The first kappa shape index (κ1) is 18.5. The summed E-state index contributed by atoms with van der Waals surface area (Å²) in [6.07, 6.45) is 3.36. The van der Waals surface area contributed by atoms with Crippen molar-refractivity contribution in [3.63, 3.8) is 0 Å². The van der Waals surface area contributed by atoms with Crippen molar-refractivity contribution in [2.75, 3.05) is 32.8 Å². The highest BCUT2D eigenvalue weighted by Gasteiger charge is 2.23. The maximum absolute atomic E-state index is 12.8. The van der Waals surface area contributed by atoms with Gasteiger partial charge in [0.05, 0.1) is 30.7 Å². The van der Waals surface area contributed by atoms with E-state index in [4.69, 9.17) is 4.74 Å². The Balaban J connectivity index is 1.72. The third kappa shape index (κ3) is 4.11. The molecule has 0 bridgehead atoms. The van der Waals surface area contributed by atoms with Crippen LogP contribution in [0, 0.1) is 0 Å². The molecule has 0 saturated carbocycles. The van der Waals surface area contributed by atoms with E-state index in [9.17, 15) is 4.79 Å². The summed E-state index contributed by atoms with van der Waals surface area (Å²) in [5.74, 6) is 0.782. The summed E-state index contributed by atoms with van der Waals surface area (Å²) in [5, 5.41) is 7.47. The van der Waals surface area contributed by atoms with E-state index in [1.54, 1.807) is 17.1 Å². The Morgan fingerprint density at radius 2 is 2.04 bits per heavy atom. The summed E-state index contributed by atoms with van der Waals surface area (Å²) in [5.41, 5.74) is 1.49. The summed E-state index contributed by atoms with van der Waals surface area (Å²) >= 11 is 0. The van der Waals surface area contributed by atoms with Crippen LogP contribution in [0.25, 0.3) is 5.82 Å². The van der Waals surface area contributed by atoms with Gasteiger partial charge in [0.25, 0.3) is 5.91 Å². The van der Waals surface area contributed by atoms with E-state index in [1.807, 2.05) is 18.2 Å². The highest BCUT2D eigenvalue weighted by molar-refractivity contribution is 5.95. The molecule has 0 spiro atoms. The molecular weight excluding hydrogens is 330 g/mol. The Bertz CT molecular complexity index is 723. The molecule has 1 atom stereocenters. The molecule has 1 N–H and O–H groups in total. The van der Waals surface area contributed by atoms with Gasteiger partial charge in [0, 0.05) is 31.9 Å². The van der Waals surface area contributed by atoms with Crippen LogP contribution in [0.5, 0.6) is 0 Å². The number of hydrogen-bond donors (Lipinski definition) is 1. The normalized spacial score (nSPS) is 16.6. The highest BCUT2D eigenvalue weighted by atomic mass is 16.5. The predicted molar refractivity (Wildman–Crippen MR) is 99.6 cm³/mol. The number of carbonyl (C=O) groups excluding carboxylic acids is 1. The van der Waals surface area contributed by atoms with Crippen LogP contribution in [0.3, 0.4) is 0 Å². The second-order valence-electron chi connectivity index (χ2n) is 6.91. The van der Waals surface area contributed by atoms with Crippen LogP contribution in [-0.2, 0) is 4.74 Å². The van der Waals surface area contributed by atoms with E-state index in [0.29, 0.717) is 12.1 Å². The molecule has 3 heterocycles. The van der Waals surface area contributed by atoms with Crippen LogP contribution in [0.15, 0.2) is 30.6 Å². The van der Waals surface area contributed by atoms with Crippen molar-refractivity contribution in [1.29, 1.82) is 0 Å². The van der Waals surface area contributed by atoms with Crippen molar-refractivity contribution in [3.8, 4) is 5.82 Å². The third-order valence-electron chi connectivity index (χ3n) is 4.69. The number of aromatic nitrogens is 3. The van der Waals surface area contributed by atoms with Crippen molar-refractivity contribution in [3.05, 3.63) is 41.9 Å². The molecule has 140 valence electrons. The largest absolute Gasteiger partial charge is 0.379 e. The molecule has 1 fully saturated rings. The Hall–Kier alpha value is -2.25. The second-order valence-corrected chi connectivity index (χ2v) is 6.91. The molecule has 1 amide bonds. The molecule has 7 nitrogen and oxygen atoms in total. The van der Waals surface area contributed by atoms with Crippen LogP contribution < -0.4 is 5.32 Å². The molecule has 0 radical (unpaired) electrons. The van der Waals surface area contributed by atoms with Gasteiger partial charge in [-0.15, -0.1) is 0 Å². The molecule has 7 heteroatoms. The topological polar surface area (TPSA) is 72.3 Å². The van der Waals surface area contributed by atoms with Gasteiger partial charge in [0.2, 0.25) is 0 Å². The first-order valence-corrected chi connectivity index (χ1v) is 9.17. The summed E-state index contributed by atoms with van der Waals surface area (Å²) in [4.78, 5) is 19.5. The van der Waals surface area contributed by atoms with Gasteiger partial charge in [0.15, 0.2) is 5.82 Å². The Morgan fingerprint density at radius 3 is 2.69 bits per heavy atom. The monoisotopic (exact) mass is 357 g/mol. The number of hydrogen-bond acceptors (Lipinski definition) is 5. The van der Waals surface area contributed by atoms with Crippen LogP contribution in [-0.4, -0.2) is 64.5 Å². The lowest BCUT2D eigenvalue weighted by molar-refractivity contribution is 0.0204. The number of carbonyl (C=O) groups is 1. The summed E-state index contributed by atoms with van der Waals surface area (Å²) in [6.45, 7) is 10.2. The quantitative estimate of drug-likeness (QED) is 0.854. The number of morpholine rings is 1. The van der Waals surface area contributed by atoms with Gasteiger partial charge in [-0.1, -0.05) is 19.9 Å². The maximum Gasteiger partial charge on any atom is 0.254 e. The number of ether oxygens (including phenoxy) is 1. The Kier molecular flexibility index (Phi) is 6.00. The lowest BCUT2D eigenvalue weighted by Crippen LogP contribution is -2.47. The third-order valence-corrected chi connectivity index (χ3v) is 4.69. The smallest absolute Gasteiger partial charge is 0.254 e. The van der Waals surface area contributed by atoms with Crippen LogP contribution >= 0.6 is 0 Å². The van der Waals surface area contributed by atoms with Gasteiger partial charge < -0.3 is 10.1 Å². The predicted octanol–water partition coefficient (Wildman–Crippen LogP) is 1.84. The summed E-state index contributed by atoms with van der Waals surface area (Å²) in [7, 11) is 0. The summed E-state index contributed by atoms with van der Waals surface area (Å²) < 4.78 is 7.14. The number of nitrogens with zero attached hydrogens (tertiary/aromatic N) is 4. The first-order valence-electron chi connectivity index (χ1n) is 9.17. The van der Waals surface area contributed by atoms with Gasteiger partial charge in [-0.05, 0) is 25.0 Å². The van der Waals surface area contributed by atoms with Crippen LogP contribution in [0.2, 0.25) is 0 Å². The molecule has 1 aliphatic rings. The van der Waals surface area contributed by atoms with Crippen molar-refractivity contribution >= 4 is 5.91 Å².